The molecule has 102 valence electrons. The van der Waals surface area contributed by atoms with Crippen LogP contribution in [0.3, 0.4) is 0 Å². The van der Waals surface area contributed by atoms with Crippen LogP contribution in [-0.4, -0.2) is 24.2 Å². The van der Waals surface area contributed by atoms with Crippen LogP contribution in [0.4, 0.5) is 0 Å². The summed E-state index contributed by atoms with van der Waals surface area (Å²) < 4.78 is 4.67. The van der Waals surface area contributed by atoms with Crippen LogP contribution in [0, 0.1) is 29.6 Å². The molecule has 0 aromatic rings. The van der Waals surface area contributed by atoms with Crippen molar-refractivity contribution >= 4 is 11.9 Å². The quantitative estimate of drug-likeness (QED) is 0.583. The number of rotatable bonds is 6. The van der Waals surface area contributed by atoms with Crippen molar-refractivity contribution in [1.82, 2.24) is 0 Å². The van der Waals surface area contributed by atoms with Crippen LogP contribution in [0.25, 0.3) is 0 Å². The molecule has 0 radical (unpaired) electrons. The first kappa shape index (κ1) is 14.7. The van der Waals surface area contributed by atoms with Gasteiger partial charge in [-0.1, -0.05) is 26.0 Å². The van der Waals surface area contributed by atoms with E-state index in [1.165, 1.54) is 7.11 Å². The Kier molecular flexibility index (Phi) is 4.93. The van der Waals surface area contributed by atoms with Gasteiger partial charge in [0.05, 0.1) is 18.9 Å². The third kappa shape index (κ3) is 3.12. The maximum Gasteiger partial charge on any atom is 0.309 e. The predicted octanol–water partition coefficient (Wildman–Crippen LogP) is 2.34. The average Bonchev–Trinajstić information content (AvgIpc) is 3.03. The van der Waals surface area contributed by atoms with E-state index in [0.29, 0.717) is 11.8 Å². The molecule has 1 aliphatic carbocycles. The lowest BCUT2D eigenvalue weighted by molar-refractivity contribution is -0.156. The number of carbonyl (C=O) groups excluding carboxylic acids is 1. The third-order valence-electron chi connectivity index (χ3n) is 3.89. The lowest BCUT2D eigenvalue weighted by Gasteiger charge is -2.25. The van der Waals surface area contributed by atoms with Gasteiger partial charge >= 0.3 is 11.9 Å². The standard InChI is InChI=1S/C14H22O4/c1-5-6-10(11-7-8(11)2)12(13(15)16)9(3)14(17)18-4/h5-6,8-12H,7H2,1-4H3,(H,15,16)/b6-5-/t8?,9-,10?,11?,12-/m0/s1. The second-order valence-electron chi connectivity index (χ2n) is 5.16. The molecular formula is C14H22O4. The SMILES string of the molecule is C/C=C\C(C1CC1C)[C@@H](C(=O)O)[C@H](C)C(=O)OC. The summed E-state index contributed by atoms with van der Waals surface area (Å²) in [5.74, 6) is -1.88. The average molecular weight is 254 g/mol. The van der Waals surface area contributed by atoms with Crippen LogP contribution in [0.2, 0.25) is 0 Å². The summed E-state index contributed by atoms with van der Waals surface area (Å²) in [7, 11) is 1.29. The van der Waals surface area contributed by atoms with Crippen molar-refractivity contribution in [2.45, 2.75) is 27.2 Å². The highest BCUT2D eigenvalue weighted by Crippen LogP contribution is 2.48. The topological polar surface area (TPSA) is 63.6 Å². The Morgan fingerprint density at radius 2 is 2.00 bits per heavy atom. The molecule has 0 aromatic heterocycles. The highest BCUT2D eigenvalue weighted by Gasteiger charge is 2.47. The largest absolute Gasteiger partial charge is 0.481 e. The molecule has 4 heteroatoms. The van der Waals surface area contributed by atoms with Crippen molar-refractivity contribution in [3.63, 3.8) is 0 Å². The Hall–Kier alpha value is -1.32. The highest BCUT2D eigenvalue weighted by molar-refractivity contribution is 5.81. The second-order valence-corrected chi connectivity index (χ2v) is 5.16. The molecule has 1 saturated carbocycles. The van der Waals surface area contributed by atoms with E-state index in [1.807, 2.05) is 19.1 Å². The van der Waals surface area contributed by atoms with Gasteiger partial charge in [-0.2, -0.15) is 0 Å². The summed E-state index contributed by atoms with van der Waals surface area (Å²) in [5, 5.41) is 9.41. The summed E-state index contributed by atoms with van der Waals surface area (Å²) in [6.07, 6.45) is 4.83. The van der Waals surface area contributed by atoms with E-state index in [9.17, 15) is 14.7 Å². The molecule has 0 amide bonds. The number of allylic oxidation sites excluding steroid dienone is 2. The molecule has 1 aliphatic rings. The van der Waals surface area contributed by atoms with E-state index in [1.54, 1.807) is 6.92 Å². The van der Waals surface area contributed by atoms with Crippen LogP contribution >= 0.6 is 0 Å². The molecule has 0 bridgehead atoms. The number of methoxy groups -OCH3 is 1. The van der Waals surface area contributed by atoms with Gasteiger partial charge in [0.2, 0.25) is 0 Å². The lowest BCUT2D eigenvalue weighted by Crippen LogP contribution is -2.35. The third-order valence-corrected chi connectivity index (χ3v) is 3.89. The van der Waals surface area contributed by atoms with Crippen LogP contribution in [0.1, 0.15) is 27.2 Å². The number of hydrogen-bond acceptors (Lipinski definition) is 3. The molecule has 5 atom stereocenters. The second kappa shape index (κ2) is 6.03. The zero-order valence-corrected chi connectivity index (χ0v) is 11.4. The molecule has 0 aromatic carbocycles. The summed E-state index contributed by atoms with van der Waals surface area (Å²) in [6, 6.07) is 0. The van der Waals surface area contributed by atoms with Gasteiger partial charge in [0.15, 0.2) is 0 Å². The van der Waals surface area contributed by atoms with Crippen molar-refractivity contribution < 1.29 is 19.4 Å². The number of carbonyl (C=O) groups is 2. The molecule has 0 aliphatic heterocycles. The minimum Gasteiger partial charge on any atom is -0.481 e. The monoisotopic (exact) mass is 254 g/mol. The fraction of sp³-hybridized carbons (Fsp3) is 0.714. The van der Waals surface area contributed by atoms with Gasteiger partial charge in [-0.25, -0.2) is 0 Å². The number of hydrogen-bond donors (Lipinski definition) is 1. The van der Waals surface area contributed by atoms with E-state index in [2.05, 4.69) is 11.7 Å². The first-order valence-electron chi connectivity index (χ1n) is 6.37. The predicted molar refractivity (Wildman–Crippen MR) is 67.9 cm³/mol. The van der Waals surface area contributed by atoms with E-state index in [0.717, 1.165) is 6.42 Å². The summed E-state index contributed by atoms with van der Waals surface area (Å²) in [5.41, 5.74) is 0. The smallest absolute Gasteiger partial charge is 0.309 e. The Bertz CT molecular complexity index is 348. The summed E-state index contributed by atoms with van der Waals surface area (Å²) in [4.78, 5) is 23.1. The molecule has 0 spiro atoms. The van der Waals surface area contributed by atoms with Gasteiger partial charge in [0.1, 0.15) is 0 Å². The normalized spacial score (nSPS) is 27.6. The molecular weight excluding hydrogens is 232 g/mol. The Morgan fingerprint density at radius 1 is 1.44 bits per heavy atom. The van der Waals surface area contributed by atoms with Crippen LogP contribution < -0.4 is 0 Å². The van der Waals surface area contributed by atoms with E-state index < -0.39 is 23.8 Å². The summed E-state index contributed by atoms with van der Waals surface area (Å²) in [6.45, 7) is 5.62. The van der Waals surface area contributed by atoms with Crippen LogP contribution in [-0.2, 0) is 14.3 Å². The molecule has 1 fully saturated rings. The molecule has 0 heterocycles. The highest BCUT2D eigenvalue weighted by atomic mass is 16.5. The Morgan fingerprint density at radius 3 is 2.33 bits per heavy atom. The van der Waals surface area contributed by atoms with Crippen molar-refractivity contribution in [1.29, 1.82) is 0 Å². The molecule has 3 unspecified atom stereocenters. The van der Waals surface area contributed by atoms with Crippen LogP contribution in [0.5, 0.6) is 0 Å². The van der Waals surface area contributed by atoms with Crippen LogP contribution in [0.15, 0.2) is 12.2 Å². The van der Waals surface area contributed by atoms with Gasteiger partial charge in [0, 0.05) is 0 Å². The fourth-order valence-corrected chi connectivity index (χ4v) is 2.68. The van der Waals surface area contributed by atoms with Gasteiger partial charge in [0.25, 0.3) is 0 Å². The maximum absolute atomic E-state index is 11.6. The fourth-order valence-electron chi connectivity index (χ4n) is 2.68. The molecule has 0 saturated heterocycles. The number of ether oxygens (including phenoxy) is 1. The maximum atomic E-state index is 11.6. The van der Waals surface area contributed by atoms with E-state index >= 15 is 0 Å². The van der Waals surface area contributed by atoms with E-state index in [-0.39, 0.29) is 5.92 Å². The molecule has 1 rings (SSSR count). The molecule has 1 N–H and O–H groups in total. The van der Waals surface area contributed by atoms with Gasteiger partial charge in [-0.3, -0.25) is 9.59 Å². The molecule has 18 heavy (non-hydrogen) atoms. The number of carboxylic acids is 1. The van der Waals surface area contributed by atoms with Crippen molar-refractivity contribution in [3.8, 4) is 0 Å². The number of esters is 1. The van der Waals surface area contributed by atoms with Gasteiger partial charge in [-0.15, -0.1) is 0 Å². The minimum absolute atomic E-state index is 0.0865. The summed E-state index contributed by atoms with van der Waals surface area (Å²) >= 11 is 0. The Balaban J connectivity index is 2.93. The van der Waals surface area contributed by atoms with Gasteiger partial charge in [-0.05, 0) is 31.1 Å². The lowest BCUT2D eigenvalue weighted by atomic mass is 9.79. The number of aliphatic carboxylic acids is 1. The van der Waals surface area contributed by atoms with Crippen molar-refractivity contribution in [3.05, 3.63) is 12.2 Å². The first-order chi connectivity index (χ1) is 8.43. The zero-order chi connectivity index (χ0) is 13.9. The Labute approximate surface area is 108 Å². The zero-order valence-electron chi connectivity index (χ0n) is 11.4. The van der Waals surface area contributed by atoms with Gasteiger partial charge < -0.3 is 9.84 Å². The van der Waals surface area contributed by atoms with E-state index in [4.69, 9.17) is 0 Å². The molecule has 4 nitrogen and oxygen atoms in total. The first-order valence-corrected chi connectivity index (χ1v) is 6.37. The minimum atomic E-state index is -0.921. The van der Waals surface area contributed by atoms with Crippen molar-refractivity contribution in [2.75, 3.05) is 7.11 Å². The van der Waals surface area contributed by atoms with Crippen molar-refractivity contribution in [2.24, 2.45) is 29.6 Å². The number of carboxylic acid groups (broad SMARTS) is 1.